The molecule has 4 rings (SSSR count). The maximum absolute atomic E-state index is 13.1. The van der Waals surface area contributed by atoms with Crippen LogP contribution in [0.25, 0.3) is 10.9 Å². The van der Waals surface area contributed by atoms with Crippen molar-refractivity contribution in [1.82, 2.24) is 14.8 Å². The lowest BCUT2D eigenvalue weighted by Gasteiger charge is -2.34. The van der Waals surface area contributed by atoms with Gasteiger partial charge in [-0.15, -0.1) is 0 Å². The number of carbonyl (C=O) groups excluding carboxylic acids is 1. The second-order valence-electron chi connectivity index (χ2n) is 7.48. The quantitative estimate of drug-likeness (QED) is 0.629. The highest BCUT2D eigenvalue weighted by molar-refractivity contribution is 5.98. The predicted molar refractivity (Wildman–Crippen MR) is 117 cm³/mol. The molecule has 0 N–H and O–H groups in total. The van der Waals surface area contributed by atoms with Crippen molar-refractivity contribution < 1.29 is 14.3 Å². The van der Waals surface area contributed by atoms with Crippen molar-refractivity contribution in [3.8, 4) is 11.5 Å². The number of carbonyl (C=O) groups is 1. The van der Waals surface area contributed by atoms with Crippen LogP contribution in [0.15, 0.2) is 54.6 Å². The van der Waals surface area contributed by atoms with Gasteiger partial charge in [-0.05, 0) is 43.3 Å². The minimum Gasteiger partial charge on any atom is -0.497 e. The first kappa shape index (κ1) is 20.2. The van der Waals surface area contributed by atoms with Crippen LogP contribution in [0.4, 0.5) is 0 Å². The number of benzene rings is 2. The number of aromatic nitrogens is 1. The molecule has 6 heteroatoms. The Morgan fingerprint density at radius 1 is 1.00 bits per heavy atom. The van der Waals surface area contributed by atoms with E-state index >= 15 is 0 Å². The fourth-order valence-corrected chi connectivity index (χ4v) is 3.75. The Balaban J connectivity index is 1.35. The van der Waals surface area contributed by atoms with Gasteiger partial charge in [-0.2, -0.15) is 0 Å². The van der Waals surface area contributed by atoms with Gasteiger partial charge in [0.25, 0.3) is 5.91 Å². The Hall–Kier alpha value is -3.12. The van der Waals surface area contributed by atoms with E-state index < -0.39 is 0 Å². The van der Waals surface area contributed by atoms with E-state index in [-0.39, 0.29) is 5.91 Å². The summed E-state index contributed by atoms with van der Waals surface area (Å²) in [6, 6.07) is 17.5. The molecule has 0 radical (unpaired) electrons. The van der Waals surface area contributed by atoms with Crippen molar-refractivity contribution in [2.75, 3.05) is 46.4 Å². The number of para-hydroxylation sites is 1. The Morgan fingerprint density at radius 3 is 2.50 bits per heavy atom. The summed E-state index contributed by atoms with van der Waals surface area (Å²) in [5.74, 6) is 1.70. The molecule has 1 amide bonds. The third-order valence-corrected chi connectivity index (χ3v) is 5.52. The first-order valence-electron chi connectivity index (χ1n) is 10.3. The zero-order valence-electron chi connectivity index (χ0n) is 17.5. The van der Waals surface area contributed by atoms with Crippen LogP contribution >= 0.6 is 0 Å². The number of aryl methyl sites for hydroxylation is 1. The standard InChI is InChI=1S/C24H27N3O3/c1-18-22(17-19-16-21(29-2)8-9-23(19)25-18)24(28)27-12-10-26(11-13-27)14-15-30-20-6-4-3-5-7-20/h3-9,16-17H,10-15H2,1-2H3. The number of hydrogen-bond donors (Lipinski definition) is 0. The molecule has 30 heavy (non-hydrogen) atoms. The maximum atomic E-state index is 13.1. The van der Waals surface area contributed by atoms with Crippen molar-refractivity contribution >= 4 is 16.8 Å². The molecule has 156 valence electrons. The average molecular weight is 405 g/mol. The molecule has 2 aromatic carbocycles. The molecule has 1 fully saturated rings. The van der Waals surface area contributed by atoms with Crippen LogP contribution in [-0.4, -0.2) is 67.1 Å². The van der Waals surface area contributed by atoms with Crippen molar-refractivity contribution in [1.29, 1.82) is 0 Å². The Bertz CT molecular complexity index is 1010. The molecule has 0 spiro atoms. The molecular weight excluding hydrogens is 378 g/mol. The van der Waals surface area contributed by atoms with Crippen LogP contribution in [0.3, 0.4) is 0 Å². The van der Waals surface area contributed by atoms with Gasteiger partial charge >= 0.3 is 0 Å². The molecule has 0 unspecified atom stereocenters. The van der Waals surface area contributed by atoms with Gasteiger partial charge in [0.05, 0.1) is 23.9 Å². The maximum Gasteiger partial charge on any atom is 0.255 e. The lowest BCUT2D eigenvalue weighted by molar-refractivity contribution is 0.0619. The van der Waals surface area contributed by atoms with E-state index in [4.69, 9.17) is 9.47 Å². The first-order valence-corrected chi connectivity index (χ1v) is 10.3. The summed E-state index contributed by atoms with van der Waals surface area (Å²) in [6.07, 6.45) is 0. The molecule has 3 aromatic rings. The first-order chi connectivity index (χ1) is 14.6. The molecule has 0 atom stereocenters. The average Bonchev–Trinajstić information content (AvgIpc) is 2.79. The molecule has 6 nitrogen and oxygen atoms in total. The predicted octanol–water partition coefficient (Wildman–Crippen LogP) is 3.39. The monoisotopic (exact) mass is 405 g/mol. The number of nitrogens with zero attached hydrogens (tertiary/aromatic N) is 3. The van der Waals surface area contributed by atoms with Crippen molar-refractivity contribution in [3.05, 3.63) is 65.9 Å². The van der Waals surface area contributed by atoms with Gasteiger partial charge in [-0.3, -0.25) is 14.7 Å². The second-order valence-corrected chi connectivity index (χ2v) is 7.48. The molecule has 1 saturated heterocycles. The number of hydrogen-bond acceptors (Lipinski definition) is 5. The largest absolute Gasteiger partial charge is 0.497 e. The smallest absolute Gasteiger partial charge is 0.255 e. The molecule has 2 heterocycles. The van der Waals surface area contributed by atoms with E-state index in [1.54, 1.807) is 7.11 Å². The minimum absolute atomic E-state index is 0.0462. The summed E-state index contributed by atoms with van der Waals surface area (Å²) in [5, 5.41) is 0.917. The van der Waals surface area contributed by atoms with E-state index in [2.05, 4.69) is 9.88 Å². The molecule has 1 aliphatic rings. The van der Waals surface area contributed by atoms with Crippen LogP contribution in [-0.2, 0) is 0 Å². The zero-order chi connectivity index (χ0) is 20.9. The van der Waals surface area contributed by atoms with E-state index in [9.17, 15) is 4.79 Å². The normalized spacial score (nSPS) is 14.7. The zero-order valence-corrected chi connectivity index (χ0v) is 17.5. The van der Waals surface area contributed by atoms with Gasteiger partial charge < -0.3 is 14.4 Å². The summed E-state index contributed by atoms with van der Waals surface area (Å²) < 4.78 is 11.1. The van der Waals surface area contributed by atoms with Crippen LogP contribution in [0.5, 0.6) is 11.5 Å². The lowest BCUT2D eigenvalue weighted by Crippen LogP contribution is -2.49. The van der Waals surface area contributed by atoms with Crippen LogP contribution in [0.2, 0.25) is 0 Å². The Kier molecular flexibility index (Phi) is 6.14. The Morgan fingerprint density at radius 2 is 1.77 bits per heavy atom. The van der Waals surface area contributed by atoms with E-state index in [1.165, 1.54) is 0 Å². The summed E-state index contributed by atoms with van der Waals surface area (Å²) in [7, 11) is 1.64. The topological polar surface area (TPSA) is 54.9 Å². The third-order valence-electron chi connectivity index (χ3n) is 5.52. The van der Waals surface area contributed by atoms with E-state index in [0.717, 1.165) is 47.7 Å². The van der Waals surface area contributed by atoms with Gasteiger partial charge in [0.15, 0.2) is 0 Å². The van der Waals surface area contributed by atoms with Gasteiger partial charge in [0.2, 0.25) is 0 Å². The van der Waals surface area contributed by atoms with Crippen molar-refractivity contribution in [3.63, 3.8) is 0 Å². The second kappa shape index (κ2) is 9.13. The van der Waals surface area contributed by atoms with E-state index in [0.29, 0.717) is 25.3 Å². The van der Waals surface area contributed by atoms with Crippen molar-refractivity contribution in [2.45, 2.75) is 6.92 Å². The van der Waals surface area contributed by atoms with Crippen LogP contribution in [0, 0.1) is 6.92 Å². The fourth-order valence-electron chi connectivity index (χ4n) is 3.75. The summed E-state index contributed by atoms with van der Waals surface area (Å²) in [5.41, 5.74) is 2.29. The van der Waals surface area contributed by atoms with Crippen LogP contribution < -0.4 is 9.47 Å². The molecule has 0 bridgehead atoms. The molecule has 1 aliphatic heterocycles. The summed E-state index contributed by atoms with van der Waals surface area (Å²) in [4.78, 5) is 22.0. The number of methoxy groups -OCH3 is 1. The van der Waals surface area contributed by atoms with Gasteiger partial charge in [-0.1, -0.05) is 18.2 Å². The number of amides is 1. The van der Waals surface area contributed by atoms with Crippen LogP contribution in [0.1, 0.15) is 16.1 Å². The minimum atomic E-state index is 0.0462. The molecule has 1 aromatic heterocycles. The number of rotatable bonds is 6. The Labute approximate surface area is 177 Å². The van der Waals surface area contributed by atoms with Gasteiger partial charge in [0.1, 0.15) is 18.1 Å². The highest BCUT2D eigenvalue weighted by atomic mass is 16.5. The van der Waals surface area contributed by atoms with E-state index in [1.807, 2.05) is 66.4 Å². The number of fused-ring (bicyclic) bond motifs is 1. The third kappa shape index (κ3) is 4.54. The SMILES string of the molecule is COc1ccc2nc(C)c(C(=O)N3CCN(CCOc4ccccc4)CC3)cc2c1. The molecular formula is C24H27N3O3. The fraction of sp³-hybridized carbons (Fsp3) is 0.333. The lowest BCUT2D eigenvalue weighted by atomic mass is 10.1. The van der Waals surface area contributed by atoms with Crippen molar-refractivity contribution in [2.24, 2.45) is 0 Å². The highest BCUT2D eigenvalue weighted by Crippen LogP contribution is 2.23. The summed E-state index contributed by atoms with van der Waals surface area (Å²) >= 11 is 0. The molecule has 0 saturated carbocycles. The van der Waals surface area contributed by atoms with Gasteiger partial charge in [0, 0.05) is 38.1 Å². The summed E-state index contributed by atoms with van der Waals surface area (Å²) in [6.45, 7) is 6.50. The molecule has 0 aliphatic carbocycles. The number of piperazine rings is 1. The number of ether oxygens (including phenoxy) is 2. The van der Waals surface area contributed by atoms with Gasteiger partial charge in [-0.25, -0.2) is 0 Å². The number of pyridine rings is 1. The highest BCUT2D eigenvalue weighted by Gasteiger charge is 2.24.